The Balaban J connectivity index is 1.69. The normalized spacial score (nSPS) is 10.8. The molecule has 0 unspecified atom stereocenters. The molecule has 6 nitrogen and oxygen atoms in total. The van der Waals surface area contributed by atoms with Crippen LogP contribution >= 0.6 is 27.5 Å². The fraction of sp³-hybridized carbons (Fsp3) is 0.115. The van der Waals surface area contributed by atoms with E-state index in [2.05, 4.69) is 26.6 Å². The molecule has 0 aliphatic heterocycles. The molecule has 0 aliphatic carbocycles. The molecule has 0 saturated carbocycles. The minimum Gasteiger partial charge on any atom is -0.483 e. The lowest BCUT2D eigenvalue weighted by Crippen LogP contribution is -2.24. The summed E-state index contributed by atoms with van der Waals surface area (Å²) in [4.78, 5) is 24.9. The highest BCUT2D eigenvalue weighted by molar-refractivity contribution is 9.10. The Bertz CT molecular complexity index is 1270. The van der Waals surface area contributed by atoms with Crippen molar-refractivity contribution in [2.75, 3.05) is 11.9 Å². The third-order valence-corrected chi connectivity index (χ3v) is 5.65. The van der Waals surface area contributed by atoms with E-state index >= 15 is 0 Å². The van der Waals surface area contributed by atoms with Crippen molar-refractivity contribution in [1.82, 2.24) is 5.32 Å². The van der Waals surface area contributed by atoms with Crippen molar-refractivity contribution in [1.29, 1.82) is 5.26 Å². The van der Waals surface area contributed by atoms with E-state index in [1.54, 1.807) is 30.3 Å². The standard InChI is InChI=1S/C26H21BrClN3O3/c1-17-7-9-22(13-23(17)28)31-25(32)16-34-24-10-8-21(27)12-19(24)11-20(14-29)26(33)30-15-18-5-3-2-4-6-18/h2-13H,15-16H2,1H3,(H,30,33)(H,31,32)/b20-11+. The molecule has 2 N–H and O–H groups in total. The highest BCUT2D eigenvalue weighted by atomic mass is 79.9. The van der Waals surface area contributed by atoms with E-state index in [-0.39, 0.29) is 18.1 Å². The van der Waals surface area contributed by atoms with Gasteiger partial charge in [-0.2, -0.15) is 5.26 Å². The number of carbonyl (C=O) groups excluding carboxylic acids is 2. The van der Waals surface area contributed by atoms with Gasteiger partial charge >= 0.3 is 0 Å². The molecule has 0 heterocycles. The fourth-order valence-electron chi connectivity index (χ4n) is 2.95. The number of nitrogens with one attached hydrogen (secondary N) is 2. The second-order valence-electron chi connectivity index (χ2n) is 7.32. The van der Waals surface area contributed by atoms with Gasteiger partial charge in [0, 0.05) is 27.3 Å². The number of anilines is 1. The summed E-state index contributed by atoms with van der Waals surface area (Å²) in [6, 6.07) is 21.6. The van der Waals surface area contributed by atoms with Crippen LogP contribution in [0, 0.1) is 18.3 Å². The molecule has 2 amide bonds. The molecule has 8 heteroatoms. The second kappa shape index (κ2) is 12.0. The van der Waals surface area contributed by atoms with Crippen LogP contribution in [0.1, 0.15) is 16.7 Å². The molecular formula is C26H21BrClN3O3. The average Bonchev–Trinajstić information content (AvgIpc) is 2.83. The number of carbonyl (C=O) groups is 2. The maximum Gasteiger partial charge on any atom is 0.262 e. The van der Waals surface area contributed by atoms with Crippen LogP contribution in [-0.2, 0) is 16.1 Å². The van der Waals surface area contributed by atoms with Crippen LogP contribution in [0.5, 0.6) is 5.75 Å². The number of nitrogens with zero attached hydrogens (tertiary/aromatic N) is 1. The Morgan fingerprint density at radius 1 is 1.12 bits per heavy atom. The van der Waals surface area contributed by atoms with Gasteiger partial charge in [0.05, 0.1) is 0 Å². The number of benzene rings is 3. The van der Waals surface area contributed by atoms with E-state index in [4.69, 9.17) is 16.3 Å². The summed E-state index contributed by atoms with van der Waals surface area (Å²) in [5.74, 6) is -0.533. The van der Waals surface area contributed by atoms with E-state index < -0.39 is 5.91 Å². The molecule has 0 aliphatic rings. The zero-order chi connectivity index (χ0) is 24.5. The fourth-order valence-corrected chi connectivity index (χ4v) is 3.51. The van der Waals surface area contributed by atoms with Crippen molar-refractivity contribution in [2.45, 2.75) is 13.5 Å². The Kier molecular flexibility index (Phi) is 8.86. The van der Waals surface area contributed by atoms with Crippen molar-refractivity contribution in [3.63, 3.8) is 0 Å². The molecule has 3 aromatic carbocycles. The summed E-state index contributed by atoms with van der Waals surface area (Å²) < 4.78 is 6.41. The van der Waals surface area contributed by atoms with Crippen LogP contribution in [0.25, 0.3) is 6.08 Å². The van der Waals surface area contributed by atoms with Gasteiger partial charge in [-0.3, -0.25) is 9.59 Å². The van der Waals surface area contributed by atoms with Crippen LogP contribution in [0.4, 0.5) is 5.69 Å². The Morgan fingerprint density at radius 2 is 1.88 bits per heavy atom. The van der Waals surface area contributed by atoms with Crippen LogP contribution in [0.15, 0.2) is 76.8 Å². The first-order valence-electron chi connectivity index (χ1n) is 10.3. The molecule has 34 heavy (non-hydrogen) atoms. The van der Waals surface area contributed by atoms with E-state index in [1.165, 1.54) is 6.08 Å². The monoisotopic (exact) mass is 537 g/mol. The first-order valence-corrected chi connectivity index (χ1v) is 11.4. The highest BCUT2D eigenvalue weighted by Crippen LogP contribution is 2.26. The van der Waals surface area contributed by atoms with Gasteiger partial charge in [-0.25, -0.2) is 0 Å². The summed E-state index contributed by atoms with van der Waals surface area (Å²) in [6.45, 7) is 1.90. The number of aryl methyl sites for hydroxylation is 1. The molecule has 3 aromatic rings. The third-order valence-electron chi connectivity index (χ3n) is 4.75. The van der Waals surface area contributed by atoms with Gasteiger partial charge in [-0.05, 0) is 54.5 Å². The molecular weight excluding hydrogens is 518 g/mol. The quantitative estimate of drug-likeness (QED) is 0.286. The van der Waals surface area contributed by atoms with Crippen molar-refractivity contribution >= 4 is 51.1 Å². The number of hydrogen-bond acceptors (Lipinski definition) is 4. The maximum atomic E-state index is 12.5. The van der Waals surface area contributed by atoms with Gasteiger partial charge in [0.25, 0.3) is 11.8 Å². The predicted octanol–water partition coefficient (Wildman–Crippen LogP) is 5.65. The number of halogens is 2. The lowest BCUT2D eigenvalue weighted by atomic mass is 10.1. The summed E-state index contributed by atoms with van der Waals surface area (Å²) >= 11 is 9.48. The van der Waals surface area contributed by atoms with E-state index in [1.807, 2.05) is 49.4 Å². The summed E-state index contributed by atoms with van der Waals surface area (Å²) in [7, 11) is 0. The third kappa shape index (κ3) is 7.20. The van der Waals surface area contributed by atoms with Gasteiger partial charge in [-0.15, -0.1) is 0 Å². The van der Waals surface area contributed by atoms with E-state index in [0.717, 1.165) is 15.6 Å². The number of ether oxygens (including phenoxy) is 1. The SMILES string of the molecule is Cc1ccc(NC(=O)COc2ccc(Br)cc2/C=C(\C#N)C(=O)NCc2ccccc2)cc1Cl. The average molecular weight is 539 g/mol. The Labute approximate surface area is 211 Å². The van der Waals surface area contributed by atoms with E-state index in [0.29, 0.717) is 28.6 Å². The first kappa shape index (κ1) is 25.0. The van der Waals surface area contributed by atoms with Crippen LogP contribution in [0.3, 0.4) is 0 Å². The Hall–Kier alpha value is -3.60. The second-order valence-corrected chi connectivity index (χ2v) is 8.64. The topological polar surface area (TPSA) is 91.2 Å². The van der Waals surface area contributed by atoms with Gasteiger partial charge in [-0.1, -0.05) is 63.9 Å². The number of nitriles is 1. The van der Waals surface area contributed by atoms with Crippen molar-refractivity contribution in [3.8, 4) is 11.8 Å². The molecule has 0 saturated heterocycles. The molecule has 172 valence electrons. The summed E-state index contributed by atoms with van der Waals surface area (Å²) in [6.07, 6.45) is 1.43. The smallest absolute Gasteiger partial charge is 0.262 e. The molecule has 0 bridgehead atoms. The molecule has 0 aromatic heterocycles. The number of hydrogen-bond donors (Lipinski definition) is 2. The Morgan fingerprint density at radius 3 is 2.59 bits per heavy atom. The molecule has 0 atom stereocenters. The van der Waals surface area contributed by atoms with Crippen LogP contribution in [0.2, 0.25) is 5.02 Å². The zero-order valence-corrected chi connectivity index (χ0v) is 20.6. The zero-order valence-electron chi connectivity index (χ0n) is 18.3. The minimum absolute atomic E-state index is 0.0855. The molecule has 0 fully saturated rings. The minimum atomic E-state index is -0.508. The van der Waals surface area contributed by atoms with Gasteiger partial charge in [0.2, 0.25) is 0 Å². The first-order chi connectivity index (χ1) is 16.4. The highest BCUT2D eigenvalue weighted by Gasteiger charge is 2.13. The lowest BCUT2D eigenvalue weighted by molar-refractivity contribution is -0.118. The van der Waals surface area contributed by atoms with Crippen molar-refractivity contribution < 1.29 is 14.3 Å². The largest absolute Gasteiger partial charge is 0.483 e. The summed E-state index contributed by atoms with van der Waals surface area (Å²) in [5.41, 5.74) is 2.77. The van der Waals surface area contributed by atoms with Crippen molar-refractivity contribution in [2.24, 2.45) is 0 Å². The van der Waals surface area contributed by atoms with Crippen LogP contribution < -0.4 is 15.4 Å². The van der Waals surface area contributed by atoms with E-state index in [9.17, 15) is 14.9 Å². The van der Waals surface area contributed by atoms with Gasteiger partial charge < -0.3 is 15.4 Å². The number of rotatable bonds is 8. The molecule has 0 radical (unpaired) electrons. The maximum absolute atomic E-state index is 12.5. The number of amides is 2. The van der Waals surface area contributed by atoms with Crippen LogP contribution in [-0.4, -0.2) is 18.4 Å². The van der Waals surface area contributed by atoms with Crippen molar-refractivity contribution in [3.05, 3.63) is 98.5 Å². The van der Waals surface area contributed by atoms with Gasteiger partial charge in [0.15, 0.2) is 6.61 Å². The lowest BCUT2D eigenvalue weighted by Gasteiger charge is -2.11. The molecule has 3 rings (SSSR count). The van der Waals surface area contributed by atoms with Gasteiger partial charge in [0.1, 0.15) is 17.4 Å². The predicted molar refractivity (Wildman–Crippen MR) is 136 cm³/mol. The summed E-state index contributed by atoms with van der Waals surface area (Å²) in [5, 5.41) is 15.5. The molecule has 0 spiro atoms.